The van der Waals surface area contributed by atoms with Gasteiger partial charge in [0, 0.05) is 0 Å². The molecule has 1 atom stereocenters. The zero-order valence-electron chi connectivity index (χ0n) is 12.1. The Balaban J connectivity index is 5.36. The van der Waals surface area contributed by atoms with Crippen LogP contribution in [0.25, 0.3) is 0 Å². The van der Waals surface area contributed by atoms with E-state index in [-0.39, 0.29) is 4.90 Å². The number of carboxylic acids is 1. The summed E-state index contributed by atoms with van der Waals surface area (Å²) in [5, 5.41) is 9.04. The van der Waals surface area contributed by atoms with E-state index in [0.717, 1.165) is 0 Å². The maximum absolute atomic E-state index is 12.5. The van der Waals surface area contributed by atoms with E-state index in [2.05, 4.69) is 0 Å². The Bertz CT molecular complexity index is 361. The van der Waals surface area contributed by atoms with E-state index in [1.165, 1.54) is 34.6 Å². The first-order valence-corrected chi connectivity index (χ1v) is 6.04. The second-order valence-electron chi connectivity index (χ2n) is 5.75. The molecule has 0 aromatic rings. The summed E-state index contributed by atoms with van der Waals surface area (Å²) in [6, 6.07) is -1.61. The number of hydrogen-bond donors (Lipinski definition) is 1. The molecule has 5 nitrogen and oxygen atoms in total. The van der Waals surface area contributed by atoms with Crippen molar-refractivity contribution in [3.63, 3.8) is 0 Å². The smallest absolute Gasteiger partial charge is 0.411 e. The van der Waals surface area contributed by atoms with Gasteiger partial charge in [-0.2, -0.15) is 13.2 Å². The summed E-state index contributed by atoms with van der Waals surface area (Å²) in [6.45, 7) is 5.64. The van der Waals surface area contributed by atoms with Crippen LogP contribution in [0.15, 0.2) is 0 Å². The summed E-state index contributed by atoms with van der Waals surface area (Å²) in [4.78, 5) is 23.2. The first kappa shape index (κ1) is 18.5. The van der Waals surface area contributed by atoms with Crippen molar-refractivity contribution in [2.24, 2.45) is 5.92 Å². The number of rotatable bonds is 4. The van der Waals surface area contributed by atoms with Crippen molar-refractivity contribution >= 4 is 12.1 Å². The van der Waals surface area contributed by atoms with Crippen molar-refractivity contribution in [2.45, 2.75) is 52.4 Å². The maximum atomic E-state index is 12.5. The SMILES string of the molecule is CC(C)C(C(=O)O)N(CC(F)(F)F)C(=O)OC(C)(C)C. The molecule has 1 N–H and O–H groups in total. The minimum atomic E-state index is -4.71. The van der Waals surface area contributed by atoms with Crippen LogP contribution in [0.2, 0.25) is 0 Å². The molecule has 0 saturated carbocycles. The number of nitrogens with zero attached hydrogens (tertiary/aromatic N) is 1. The predicted molar refractivity (Wildman–Crippen MR) is 65.3 cm³/mol. The molecule has 0 aliphatic carbocycles. The van der Waals surface area contributed by atoms with Crippen molar-refractivity contribution in [2.75, 3.05) is 6.54 Å². The maximum Gasteiger partial charge on any atom is 0.411 e. The van der Waals surface area contributed by atoms with E-state index >= 15 is 0 Å². The molecule has 0 saturated heterocycles. The van der Waals surface area contributed by atoms with Crippen LogP contribution in [0.4, 0.5) is 18.0 Å². The Morgan fingerprint density at radius 1 is 1.20 bits per heavy atom. The molecule has 0 aliphatic rings. The van der Waals surface area contributed by atoms with Gasteiger partial charge in [0.2, 0.25) is 0 Å². The van der Waals surface area contributed by atoms with Gasteiger partial charge in [-0.3, -0.25) is 4.90 Å². The van der Waals surface area contributed by atoms with E-state index in [4.69, 9.17) is 9.84 Å². The normalized spacial score (nSPS) is 14.1. The average molecular weight is 299 g/mol. The summed E-state index contributed by atoms with van der Waals surface area (Å²) in [7, 11) is 0. The first-order valence-electron chi connectivity index (χ1n) is 6.04. The van der Waals surface area contributed by atoms with E-state index in [1.54, 1.807) is 0 Å². The molecule has 0 aromatic heterocycles. The highest BCUT2D eigenvalue weighted by molar-refractivity contribution is 5.80. The average Bonchev–Trinajstić information content (AvgIpc) is 2.09. The largest absolute Gasteiger partial charge is 0.480 e. The van der Waals surface area contributed by atoms with Gasteiger partial charge in [-0.05, 0) is 26.7 Å². The van der Waals surface area contributed by atoms with Crippen LogP contribution in [0, 0.1) is 5.92 Å². The molecule has 0 bridgehead atoms. The van der Waals surface area contributed by atoms with E-state index in [9.17, 15) is 22.8 Å². The molecule has 0 rings (SSSR count). The van der Waals surface area contributed by atoms with Crippen LogP contribution in [-0.2, 0) is 9.53 Å². The quantitative estimate of drug-likeness (QED) is 0.866. The van der Waals surface area contributed by atoms with Gasteiger partial charge >= 0.3 is 18.2 Å². The first-order chi connectivity index (χ1) is 8.74. The lowest BCUT2D eigenvalue weighted by Crippen LogP contribution is -2.53. The summed E-state index contributed by atoms with van der Waals surface area (Å²) >= 11 is 0. The number of amides is 1. The highest BCUT2D eigenvalue weighted by atomic mass is 19.4. The molecule has 8 heteroatoms. The number of carbonyl (C=O) groups is 2. The summed E-state index contributed by atoms with van der Waals surface area (Å²) in [6.07, 6.45) is -6.00. The number of halogens is 3. The zero-order valence-corrected chi connectivity index (χ0v) is 12.1. The second kappa shape index (κ2) is 6.32. The minimum Gasteiger partial charge on any atom is -0.480 e. The topological polar surface area (TPSA) is 66.8 Å². The van der Waals surface area contributed by atoms with Crippen molar-refractivity contribution in [3.8, 4) is 0 Å². The Morgan fingerprint density at radius 2 is 1.65 bits per heavy atom. The summed E-state index contributed by atoms with van der Waals surface area (Å²) in [5.74, 6) is -2.20. The lowest BCUT2D eigenvalue weighted by atomic mass is 10.0. The molecular weight excluding hydrogens is 279 g/mol. The second-order valence-corrected chi connectivity index (χ2v) is 5.75. The van der Waals surface area contributed by atoms with E-state index < -0.39 is 42.3 Å². The lowest BCUT2D eigenvalue weighted by molar-refractivity contribution is -0.162. The highest BCUT2D eigenvalue weighted by Crippen LogP contribution is 2.23. The van der Waals surface area contributed by atoms with Crippen molar-refractivity contribution in [1.82, 2.24) is 4.90 Å². The monoisotopic (exact) mass is 299 g/mol. The highest BCUT2D eigenvalue weighted by Gasteiger charge is 2.42. The molecule has 0 heterocycles. The summed E-state index contributed by atoms with van der Waals surface area (Å²) < 4.78 is 42.5. The van der Waals surface area contributed by atoms with Crippen LogP contribution in [-0.4, -0.2) is 46.4 Å². The minimum absolute atomic E-state index is 0.207. The van der Waals surface area contributed by atoms with Gasteiger partial charge in [-0.15, -0.1) is 0 Å². The zero-order chi connectivity index (χ0) is 16.3. The fourth-order valence-electron chi connectivity index (χ4n) is 1.57. The third kappa shape index (κ3) is 6.63. The molecule has 20 heavy (non-hydrogen) atoms. The summed E-state index contributed by atoms with van der Waals surface area (Å²) in [5.41, 5.74) is -1.01. The Labute approximate surface area is 115 Å². The molecule has 0 spiro atoms. The van der Waals surface area contributed by atoms with Gasteiger partial charge in [0.25, 0.3) is 0 Å². The van der Waals surface area contributed by atoms with Crippen LogP contribution in [0.5, 0.6) is 0 Å². The molecular formula is C12H20F3NO4. The molecule has 0 aliphatic heterocycles. The lowest BCUT2D eigenvalue weighted by Gasteiger charge is -2.33. The fraction of sp³-hybridized carbons (Fsp3) is 0.833. The number of ether oxygens (including phenoxy) is 1. The third-order valence-electron chi connectivity index (χ3n) is 2.20. The van der Waals surface area contributed by atoms with Crippen LogP contribution in [0.1, 0.15) is 34.6 Å². The van der Waals surface area contributed by atoms with Gasteiger partial charge in [-0.25, -0.2) is 9.59 Å². The van der Waals surface area contributed by atoms with Crippen LogP contribution < -0.4 is 0 Å². The standard InChI is InChI=1S/C12H20F3NO4/c1-7(2)8(9(17)18)16(6-12(13,14)15)10(19)20-11(3,4)5/h7-8H,6H2,1-5H3,(H,17,18). The van der Waals surface area contributed by atoms with Crippen molar-refractivity contribution in [1.29, 1.82) is 0 Å². The van der Waals surface area contributed by atoms with Crippen molar-refractivity contribution < 1.29 is 32.6 Å². The molecule has 1 unspecified atom stereocenters. The van der Waals surface area contributed by atoms with E-state index in [1.807, 2.05) is 0 Å². The molecule has 0 fully saturated rings. The molecule has 1 amide bonds. The third-order valence-corrected chi connectivity index (χ3v) is 2.20. The number of carbonyl (C=O) groups excluding carboxylic acids is 1. The Hall–Kier alpha value is -1.47. The number of carboxylic acid groups (broad SMARTS) is 1. The van der Waals surface area contributed by atoms with Gasteiger partial charge in [-0.1, -0.05) is 13.8 Å². The van der Waals surface area contributed by atoms with Gasteiger partial charge in [0.1, 0.15) is 18.2 Å². The molecule has 0 radical (unpaired) electrons. The predicted octanol–water partition coefficient (Wildman–Crippen LogP) is 2.90. The number of alkyl halides is 3. The van der Waals surface area contributed by atoms with Gasteiger partial charge in [0.05, 0.1) is 0 Å². The molecule has 0 aromatic carbocycles. The number of aliphatic carboxylic acids is 1. The van der Waals surface area contributed by atoms with Gasteiger partial charge < -0.3 is 9.84 Å². The van der Waals surface area contributed by atoms with E-state index in [0.29, 0.717) is 0 Å². The Morgan fingerprint density at radius 3 is 1.90 bits per heavy atom. The number of hydrogen-bond acceptors (Lipinski definition) is 3. The molecule has 118 valence electrons. The fourth-order valence-corrected chi connectivity index (χ4v) is 1.57. The van der Waals surface area contributed by atoms with Crippen LogP contribution >= 0.6 is 0 Å². The van der Waals surface area contributed by atoms with Crippen LogP contribution in [0.3, 0.4) is 0 Å². The van der Waals surface area contributed by atoms with Gasteiger partial charge in [0.15, 0.2) is 0 Å². The Kier molecular flexibility index (Phi) is 5.86. The van der Waals surface area contributed by atoms with Crippen molar-refractivity contribution in [3.05, 3.63) is 0 Å².